The molecule has 1 aromatic heterocycles. The standard InChI is InChI=1S/C13H15FN2O2/c1-16-8-11(15-13(16)5-6-17)10-7-9(14)3-4-12(10)18-2/h3-4,7-8,17H,5-6H2,1-2H3. The monoisotopic (exact) mass is 250 g/mol. The van der Waals surface area contributed by atoms with Crippen LogP contribution < -0.4 is 4.74 Å². The lowest BCUT2D eigenvalue weighted by Crippen LogP contribution is -1.99. The lowest BCUT2D eigenvalue weighted by atomic mass is 10.1. The van der Waals surface area contributed by atoms with Crippen molar-refractivity contribution >= 4 is 0 Å². The summed E-state index contributed by atoms with van der Waals surface area (Å²) in [6.07, 6.45) is 2.26. The molecule has 0 saturated carbocycles. The van der Waals surface area contributed by atoms with E-state index in [1.807, 2.05) is 11.6 Å². The second kappa shape index (κ2) is 5.18. The first-order valence-electron chi connectivity index (χ1n) is 5.62. The molecular weight excluding hydrogens is 235 g/mol. The smallest absolute Gasteiger partial charge is 0.128 e. The van der Waals surface area contributed by atoms with Crippen LogP contribution in [0.5, 0.6) is 5.75 Å². The van der Waals surface area contributed by atoms with Gasteiger partial charge in [0.15, 0.2) is 0 Å². The lowest BCUT2D eigenvalue weighted by molar-refractivity contribution is 0.295. The van der Waals surface area contributed by atoms with Crippen molar-refractivity contribution < 1.29 is 14.2 Å². The molecular formula is C13H15FN2O2. The van der Waals surface area contributed by atoms with Gasteiger partial charge in [0.2, 0.25) is 0 Å². The Morgan fingerprint density at radius 3 is 2.89 bits per heavy atom. The van der Waals surface area contributed by atoms with Crippen LogP contribution in [0.15, 0.2) is 24.4 Å². The van der Waals surface area contributed by atoms with Gasteiger partial charge in [0.05, 0.1) is 19.4 Å². The van der Waals surface area contributed by atoms with E-state index < -0.39 is 0 Å². The topological polar surface area (TPSA) is 47.3 Å². The van der Waals surface area contributed by atoms with Crippen molar-refractivity contribution in [2.75, 3.05) is 13.7 Å². The number of aryl methyl sites for hydroxylation is 1. The van der Waals surface area contributed by atoms with Crippen molar-refractivity contribution in [2.45, 2.75) is 6.42 Å². The largest absolute Gasteiger partial charge is 0.496 e. The molecule has 0 aliphatic heterocycles. The van der Waals surface area contributed by atoms with Crippen LogP contribution in [0, 0.1) is 5.82 Å². The summed E-state index contributed by atoms with van der Waals surface area (Å²) < 4.78 is 20.3. The molecule has 18 heavy (non-hydrogen) atoms. The third-order valence-corrected chi connectivity index (χ3v) is 2.75. The molecule has 96 valence electrons. The van der Waals surface area contributed by atoms with Gasteiger partial charge in [-0.25, -0.2) is 9.37 Å². The quantitative estimate of drug-likeness (QED) is 0.899. The first-order chi connectivity index (χ1) is 8.65. The summed E-state index contributed by atoms with van der Waals surface area (Å²) in [5, 5.41) is 8.93. The Hall–Kier alpha value is -1.88. The van der Waals surface area contributed by atoms with E-state index in [1.54, 1.807) is 12.3 Å². The minimum Gasteiger partial charge on any atom is -0.496 e. The number of rotatable bonds is 4. The van der Waals surface area contributed by atoms with Crippen LogP contribution >= 0.6 is 0 Å². The molecule has 0 bridgehead atoms. The van der Waals surface area contributed by atoms with Gasteiger partial charge < -0.3 is 14.4 Å². The number of aliphatic hydroxyl groups is 1. The summed E-state index contributed by atoms with van der Waals surface area (Å²) in [5.41, 5.74) is 1.24. The highest BCUT2D eigenvalue weighted by atomic mass is 19.1. The summed E-state index contributed by atoms with van der Waals surface area (Å²) in [5.74, 6) is 0.990. The molecule has 5 heteroatoms. The van der Waals surface area contributed by atoms with Gasteiger partial charge >= 0.3 is 0 Å². The maximum absolute atomic E-state index is 13.3. The minimum atomic E-state index is -0.333. The molecule has 0 aliphatic rings. The molecule has 1 aromatic carbocycles. The molecule has 2 rings (SSSR count). The fourth-order valence-electron chi connectivity index (χ4n) is 1.85. The molecule has 1 N–H and O–H groups in total. The number of halogens is 1. The first kappa shape index (κ1) is 12.6. The van der Waals surface area contributed by atoms with E-state index in [4.69, 9.17) is 9.84 Å². The molecule has 2 aromatic rings. The number of imidazole rings is 1. The van der Waals surface area contributed by atoms with Crippen LogP contribution in [-0.2, 0) is 13.5 Å². The first-order valence-corrected chi connectivity index (χ1v) is 5.62. The molecule has 0 aliphatic carbocycles. The highest BCUT2D eigenvalue weighted by Crippen LogP contribution is 2.29. The van der Waals surface area contributed by atoms with E-state index >= 15 is 0 Å². The molecule has 0 atom stereocenters. The Bertz CT molecular complexity index is 552. The molecule has 0 amide bonds. The van der Waals surface area contributed by atoms with Crippen molar-refractivity contribution in [1.29, 1.82) is 0 Å². The normalized spacial score (nSPS) is 10.7. The fourth-order valence-corrected chi connectivity index (χ4v) is 1.85. The summed E-state index contributed by atoms with van der Waals surface area (Å²) >= 11 is 0. The average molecular weight is 250 g/mol. The fraction of sp³-hybridized carbons (Fsp3) is 0.308. The molecule has 0 radical (unpaired) electrons. The van der Waals surface area contributed by atoms with Gasteiger partial charge in [-0.15, -0.1) is 0 Å². The summed E-state index contributed by atoms with van der Waals surface area (Å²) in [6, 6.07) is 4.31. The van der Waals surface area contributed by atoms with Crippen molar-refractivity contribution in [3.05, 3.63) is 36.0 Å². The summed E-state index contributed by atoms with van der Waals surface area (Å²) in [7, 11) is 3.38. The van der Waals surface area contributed by atoms with E-state index in [0.717, 1.165) is 5.82 Å². The zero-order valence-corrected chi connectivity index (χ0v) is 10.4. The number of hydrogen-bond acceptors (Lipinski definition) is 3. The zero-order valence-electron chi connectivity index (χ0n) is 10.4. The van der Waals surface area contributed by atoms with Crippen molar-refractivity contribution in [3.8, 4) is 17.0 Å². The highest BCUT2D eigenvalue weighted by molar-refractivity contribution is 5.67. The number of methoxy groups -OCH3 is 1. The molecule has 0 unspecified atom stereocenters. The average Bonchev–Trinajstić information content (AvgIpc) is 2.71. The Morgan fingerprint density at radius 1 is 1.44 bits per heavy atom. The Kier molecular flexibility index (Phi) is 3.62. The SMILES string of the molecule is COc1ccc(F)cc1-c1cn(C)c(CCO)n1. The highest BCUT2D eigenvalue weighted by Gasteiger charge is 2.12. The number of aromatic nitrogens is 2. The van der Waals surface area contributed by atoms with Crippen molar-refractivity contribution in [3.63, 3.8) is 0 Å². The maximum atomic E-state index is 13.3. The predicted octanol–water partition coefficient (Wildman–Crippen LogP) is 1.77. The lowest BCUT2D eigenvalue weighted by Gasteiger charge is -2.05. The number of benzene rings is 1. The van der Waals surface area contributed by atoms with Gasteiger partial charge in [-0.05, 0) is 18.2 Å². The van der Waals surface area contributed by atoms with E-state index in [0.29, 0.717) is 23.4 Å². The number of ether oxygens (including phenoxy) is 1. The Labute approximate surface area is 105 Å². The molecule has 4 nitrogen and oxygen atoms in total. The maximum Gasteiger partial charge on any atom is 0.128 e. The van der Waals surface area contributed by atoms with Gasteiger partial charge in [-0.3, -0.25) is 0 Å². The van der Waals surface area contributed by atoms with Crippen LogP contribution in [0.2, 0.25) is 0 Å². The zero-order chi connectivity index (χ0) is 13.1. The van der Waals surface area contributed by atoms with Gasteiger partial charge in [0, 0.05) is 25.2 Å². The van der Waals surface area contributed by atoms with Crippen LogP contribution in [0.4, 0.5) is 4.39 Å². The predicted molar refractivity (Wildman–Crippen MR) is 65.9 cm³/mol. The molecule has 0 fully saturated rings. The van der Waals surface area contributed by atoms with Gasteiger partial charge in [-0.1, -0.05) is 0 Å². The second-order valence-electron chi connectivity index (χ2n) is 3.97. The van der Waals surface area contributed by atoms with Crippen LogP contribution in [0.3, 0.4) is 0 Å². The van der Waals surface area contributed by atoms with Crippen LogP contribution in [0.25, 0.3) is 11.3 Å². The van der Waals surface area contributed by atoms with E-state index in [9.17, 15) is 4.39 Å². The van der Waals surface area contributed by atoms with Gasteiger partial charge in [0.1, 0.15) is 17.4 Å². The van der Waals surface area contributed by atoms with Gasteiger partial charge in [-0.2, -0.15) is 0 Å². The van der Waals surface area contributed by atoms with Crippen LogP contribution in [0.1, 0.15) is 5.82 Å². The third-order valence-electron chi connectivity index (χ3n) is 2.75. The Balaban J connectivity index is 2.47. The summed E-state index contributed by atoms with van der Waals surface area (Å²) in [6.45, 7) is 0.0323. The molecule has 1 heterocycles. The summed E-state index contributed by atoms with van der Waals surface area (Å²) in [4.78, 5) is 4.38. The van der Waals surface area contributed by atoms with Crippen LogP contribution in [-0.4, -0.2) is 28.4 Å². The molecule has 0 saturated heterocycles. The third kappa shape index (κ3) is 2.36. The van der Waals surface area contributed by atoms with Crippen molar-refractivity contribution in [2.24, 2.45) is 7.05 Å². The number of nitrogens with zero attached hydrogens (tertiary/aromatic N) is 2. The Morgan fingerprint density at radius 2 is 2.22 bits per heavy atom. The second-order valence-corrected chi connectivity index (χ2v) is 3.97. The minimum absolute atomic E-state index is 0.0323. The van der Waals surface area contributed by atoms with Gasteiger partial charge in [0.25, 0.3) is 0 Å². The molecule has 0 spiro atoms. The van der Waals surface area contributed by atoms with E-state index in [-0.39, 0.29) is 12.4 Å². The number of aliphatic hydroxyl groups excluding tert-OH is 1. The van der Waals surface area contributed by atoms with E-state index in [2.05, 4.69) is 4.98 Å². The van der Waals surface area contributed by atoms with Crippen molar-refractivity contribution in [1.82, 2.24) is 9.55 Å². The number of hydrogen-bond donors (Lipinski definition) is 1. The van der Waals surface area contributed by atoms with E-state index in [1.165, 1.54) is 19.2 Å².